The van der Waals surface area contributed by atoms with E-state index >= 15 is 0 Å². The van der Waals surface area contributed by atoms with E-state index < -0.39 is 0 Å². The zero-order chi connectivity index (χ0) is 17.5. The monoisotopic (exact) mass is 352 g/mol. The number of carbonyl (C=O) groups excluding carboxylic acids is 1. The van der Waals surface area contributed by atoms with E-state index in [1.54, 1.807) is 0 Å². The van der Waals surface area contributed by atoms with Crippen LogP contribution in [0.3, 0.4) is 0 Å². The van der Waals surface area contributed by atoms with Gasteiger partial charge in [-0.1, -0.05) is 0 Å². The van der Waals surface area contributed by atoms with E-state index in [0.717, 1.165) is 51.1 Å². The predicted molar refractivity (Wildman–Crippen MR) is 97.2 cm³/mol. The Kier molecular flexibility index (Phi) is 3.19. The first-order valence-corrected chi connectivity index (χ1v) is 10.5. The van der Waals surface area contributed by atoms with Crippen LogP contribution in [0.5, 0.6) is 0 Å². The Bertz CT molecular complexity index is 746. The molecule has 4 nitrogen and oxygen atoms in total. The molecule has 0 aromatic carbocycles. The van der Waals surface area contributed by atoms with E-state index in [2.05, 4.69) is 16.0 Å². The van der Waals surface area contributed by atoms with Crippen LogP contribution < -0.4 is 0 Å². The normalized spacial score (nSPS) is 45.7. The van der Waals surface area contributed by atoms with Crippen LogP contribution in [-0.2, 0) is 17.6 Å². The van der Waals surface area contributed by atoms with Gasteiger partial charge in [-0.15, -0.1) is 0 Å². The minimum Gasteiger partial charge on any atom is -0.390 e. The van der Waals surface area contributed by atoms with Crippen LogP contribution in [0, 0.1) is 35.5 Å². The zero-order valence-corrected chi connectivity index (χ0v) is 15.3. The number of carbonyl (C=O) groups is 1. The number of aliphatic hydroxyl groups is 1. The summed E-state index contributed by atoms with van der Waals surface area (Å²) in [5.74, 6) is 3.70. The van der Waals surface area contributed by atoms with Crippen LogP contribution in [0.2, 0.25) is 0 Å². The van der Waals surface area contributed by atoms with Crippen LogP contribution >= 0.6 is 0 Å². The van der Waals surface area contributed by atoms with Gasteiger partial charge in [0.25, 0.3) is 0 Å². The first kappa shape index (κ1) is 15.6. The lowest BCUT2D eigenvalue weighted by atomic mass is 9.50. The maximum absolute atomic E-state index is 13.1. The molecule has 1 aromatic rings. The van der Waals surface area contributed by atoms with Crippen molar-refractivity contribution < 1.29 is 9.90 Å². The van der Waals surface area contributed by atoms with Gasteiger partial charge in [0.2, 0.25) is 5.91 Å². The highest BCUT2D eigenvalue weighted by Gasteiger charge is 2.55. The fourth-order valence-electron chi connectivity index (χ4n) is 7.56. The van der Waals surface area contributed by atoms with Gasteiger partial charge in [0, 0.05) is 31.4 Å². The van der Waals surface area contributed by atoms with Crippen molar-refractivity contribution in [2.75, 3.05) is 13.1 Å². The number of nitrogens with zero attached hydrogens (tertiary/aromatic N) is 2. The van der Waals surface area contributed by atoms with Crippen molar-refractivity contribution in [2.45, 2.75) is 50.5 Å². The summed E-state index contributed by atoms with van der Waals surface area (Å²) in [5, 5.41) is 10.8. The van der Waals surface area contributed by atoms with Gasteiger partial charge >= 0.3 is 0 Å². The van der Waals surface area contributed by atoms with Crippen molar-refractivity contribution in [3.63, 3.8) is 0 Å². The summed E-state index contributed by atoms with van der Waals surface area (Å²) in [4.78, 5) is 19.6. The molecule has 7 rings (SSSR count). The SMILES string of the molecule is O=C1[C@H]2Cc3cnccc3C[C@H]2CN1C[C@@H]1[C@@H]2CC3C[C@H]1C[C@](O)(C3)C2. The summed E-state index contributed by atoms with van der Waals surface area (Å²) in [6.07, 6.45) is 11.3. The fourth-order valence-corrected chi connectivity index (χ4v) is 7.56. The number of rotatable bonds is 2. The van der Waals surface area contributed by atoms with Gasteiger partial charge in [-0.25, -0.2) is 0 Å². The van der Waals surface area contributed by atoms with Gasteiger partial charge in [0.15, 0.2) is 0 Å². The topological polar surface area (TPSA) is 53.4 Å². The summed E-state index contributed by atoms with van der Waals surface area (Å²) in [7, 11) is 0. The maximum Gasteiger partial charge on any atom is 0.226 e. The molecule has 0 radical (unpaired) electrons. The first-order valence-electron chi connectivity index (χ1n) is 10.5. The van der Waals surface area contributed by atoms with Crippen molar-refractivity contribution in [1.82, 2.24) is 9.88 Å². The molecule has 1 aliphatic heterocycles. The van der Waals surface area contributed by atoms with Crippen LogP contribution in [0.1, 0.15) is 43.2 Å². The quantitative estimate of drug-likeness (QED) is 0.889. The van der Waals surface area contributed by atoms with Crippen molar-refractivity contribution in [3.8, 4) is 0 Å². The van der Waals surface area contributed by atoms with Crippen molar-refractivity contribution in [2.24, 2.45) is 35.5 Å². The Hall–Kier alpha value is -1.42. The first-order chi connectivity index (χ1) is 12.6. The van der Waals surface area contributed by atoms with Crippen LogP contribution in [0.15, 0.2) is 18.5 Å². The molecule has 138 valence electrons. The van der Waals surface area contributed by atoms with E-state index in [1.807, 2.05) is 12.4 Å². The molecule has 1 aromatic heterocycles. The average molecular weight is 352 g/mol. The number of hydrogen-bond acceptors (Lipinski definition) is 3. The molecule has 1 N–H and O–H groups in total. The van der Waals surface area contributed by atoms with Gasteiger partial charge in [-0.2, -0.15) is 0 Å². The van der Waals surface area contributed by atoms with Crippen LogP contribution in [0.4, 0.5) is 0 Å². The standard InChI is InChI=1S/C22H28N2O2/c25-21-19-6-17-10-23-2-1-14(17)5-18(19)11-24(21)12-20-15-3-13-4-16(20)9-22(26,7-13)8-15/h1-2,10,13,15-16,18-20,26H,3-9,11-12H2/t13?,15-,16+,18-,19-,20-,22+/m0/s1. The van der Waals surface area contributed by atoms with Crippen LogP contribution in [0.25, 0.3) is 0 Å². The lowest BCUT2D eigenvalue weighted by molar-refractivity contribution is -0.158. The Morgan fingerprint density at radius 2 is 1.92 bits per heavy atom. The molecular weight excluding hydrogens is 324 g/mol. The lowest BCUT2D eigenvalue weighted by Gasteiger charge is -2.58. The number of likely N-dealkylation sites (tertiary alicyclic amines) is 1. The third kappa shape index (κ3) is 2.24. The second-order valence-corrected chi connectivity index (χ2v) is 10.0. The van der Waals surface area contributed by atoms with Gasteiger partial charge < -0.3 is 10.0 Å². The molecule has 4 saturated carbocycles. The number of aromatic nitrogens is 1. The zero-order valence-electron chi connectivity index (χ0n) is 15.3. The molecule has 7 atom stereocenters. The van der Waals surface area contributed by atoms with Crippen molar-refractivity contribution in [1.29, 1.82) is 0 Å². The molecule has 5 fully saturated rings. The third-order valence-electron chi connectivity index (χ3n) is 8.45. The third-order valence-corrected chi connectivity index (χ3v) is 8.45. The molecule has 1 saturated heterocycles. The van der Waals surface area contributed by atoms with E-state index in [9.17, 15) is 9.90 Å². The molecule has 26 heavy (non-hydrogen) atoms. The van der Waals surface area contributed by atoms with Crippen molar-refractivity contribution in [3.05, 3.63) is 29.6 Å². The van der Waals surface area contributed by atoms with Crippen molar-refractivity contribution >= 4 is 5.91 Å². The van der Waals surface area contributed by atoms with E-state index in [1.165, 1.54) is 24.0 Å². The molecule has 0 spiro atoms. The molecule has 4 bridgehead atoms. The minimum atomic E-state index is -0.370. The highest BCUT2D eigenvalue weighted by atomic mass is 16.3. The summed E-state index contributed by atoms with van der Waals surface area (Å²) < 4.78 is 0. The Morgan fingerprint density at radius 3 is 2.69 bits per heavy atom. The van der Waals surface area contributed by atoms with Gasteiger partial charge in [-0.05, 0) is 91.7 Å². The van der Waals surface area contributed by atoms with E-state index in [0.29, 0.717) is 29.6 Å². The predicted octanol–water partition coefficient (Wildman–Crippen LogP) is 2.44. The highest BCUT2D eigenvalue weighted by molar-refractivity contribution is 5.82. The Labute approximate surface area is 155 Å². The second-order valence-electron chi connectivity index (χ2n) is 10.0. The Balaban J connectivity index is 1.20. The molecular formula is C22H28N2O2. The largest absolute Gasteiger partial charge is 0.390 e. The van der Waals surface area contributed by atoms with Gasteiger partial charge in [0.1, 0.15) is 0 Å². The number of fused-ring (bicyclic) bond motifs is 2. The average Bonchev–Trinajstić information content (AvgIpc) is 2.90. The molecule has 2 heterocycles. The Morgan fingerprint density at radius 1 is 1.12 bits per heavy atom. The molecule has 1 unspecified atom stereocenters. The summed E-state index contributed by atoms with van der Waals surface area (Å²) in [6, 6.07) is 2.14. The van der Waals surface area contributed by atoms with Crippen LogP contribution in [-0.4, -0.2) is 39.6 Å². The highest BCUT2D eigenvalue weighted by Crippen LogP contribution is 2.58. The van der Waals surface area contributed by atoms with Gasteiger partial charge in [-0.3, -0.25) is 9.78 Å². The smallest absolute Gasteiger partial charge is 0.226 e. The molecule has 1 amide bonds. The molecule has 4 heteroatoms. The molecule has 6 aliphatic rings. The minimum absolute atomic E-state index is 0.174. The maximum atomic E-state index is 13.1. The van der Waals surface area contributed by atoms with E-state index in [-0.39, 0.29) is 11.5 Å². The second kappa shape index (κ2) is 5.31. The molecule has 5 aliphatic carbocycles. The summed E-state index contributed by atoms with van der Waals surface area (Å²) in [5.41, 5.74) is 2.30. The lowest BCUT2D eigenvalue weighted by Crippen LogP contribution is -2.56. The van der Waals surface area contributed by atoms with Gasteiger partial charge in [0.05, 0.1) is 5.60 Å². The number of pyridine rings is 1. The fraction of sp³-hybridized carbons (Fsp3) is 0.727. The van der Waals surface area contributed by atoms with E-state index in [4.69, 9.17) is 0 Å². The number of amides is 1. The summed E-state index contributed by atoms with van der Waals surface area (Å²) in [6.45, 7) is 1.88. The summed E-state index contributed by atoms with van der Waals surface area (Å²) >= 11 is 0. The number of hydrogen-bond donors (Lipinski definition) is 1.